The molecule has 4 aliphatic rings. The van der Waals surface area contributed by atoms with Gasteiger partial charge in [0.15, 0.2) is 0 Å². The molecule has 9 heteroatoms. The highest BCUT2D eigenvalue weighted by atomic mass is 16.6. The Morgan fingerprint density at radius 3 is 2.43 bits per heavy atom. The molecule has 1 amide bonds. The van der Waals surface area contributed by atoms with Crippen molar-refractivity contribution in [2.75, 3.05) is 33.2 Å². The fraction of sp³-hybridized carbons (Fsp3) is 0.800. The monoisotopic (exact) mass is 687 g/mol. The maximum absolute atomic E-state index is 13.4. The van der Waals surface area contributed by atoms with Gasteiger partial charge in [0, 0.05) is 24.7 Å². The molecule has 0 spiro atoms. The third-order valence-electron chi connectivity index (χ3n) is 11.8. The van der Waals surface area contributed by atoms with E-state index in [9.17, 15) is 19.8 Å². The number of quaternary nitrogens is 1. The summed E-state index contributed by atoms with van der Waals surface area (Å²) in [6.07, 6.45) is 20.5. The highest BCUT2D eigenvalue weighted by Crippen LogP contribution is 2.37. The lowest BCUT2D eigenvalue weighted by atomic mass is 9.91. The highest BCUT2D eigenvalue weighted by Gasteiger charge is 2.47. The molecule has 0 radical (unpaired) electrons. The number of hydrogen-bond acceptors (Lipinski definition) is 7. The van der Waals surface area contributed by atoms with E-state index >= 15 is 0 Å². The Bertz CT molecular complexity index is 1150. The first-order valence-corrected chi connectivity index (χ1v) is 19.4. The summed E-state index contributed by atoms with van der Waals surface area (Å²) in [4.78, 5) is 28.1. The molecule has 0 bridgehead atoms. The van der Waals surface area contributed by atoms with Crippen molar-refractivity contribution in [2.45, 2.75) is 160 Å². The smallest absolute Gasteiger partial charge is 0.410 e. The van der Waals surface area contributed by atoms with Crippen molar-refractivity contribution in [3.8, 4) is 0 Å². The van der Waals surface area contributed by atoms with E-state index in [2.05, 4.69) is 7.05 Å². The number of allylic oxidation sites excluding steroid dienone is 2. The van der Waals surface area contributed by atoms with E-state index in [1.807, 2.05) is 56.9 Å². The van der Waals surface area contributed by atoms with Crippen molar-refractivity contribution >= 4 is 12.1 Å². The molecule has 8 atom stereocenters. The van der Waals surface area contributed by atoms with Crippen molar-refractivity contribution < 1.29 is 38.5 Å². The summed E-state index contributed by atoms with van der Waals surface area (Å²) >= 11 is 0. The molecule has 3 heterocycles. The molecule has 0 aromatic heterocycles. The number of aliphatic hydroxyl groups is 2. The summed E-state index contributed by atoms with van der Waals surface area (Å²) in [6, 6.07) is 0.708. The van der Waals surface area contributed by atoms with Gasteiger partial charge >= 0.3 is 12.1 Å². The molecule has 9 nitrogen and oxygen atoms in total. The van der Waals surface area contributed by atoms with Crippen LogP contribution in [0.5, 0.6) is 0 Å². The van der Waals surface area contributed by atoms with Crippen LogP contribution in [-0.2, 0) is 19.0 Å². The zero-order valence-corrected chi connectivity index (χ0v) is 31.4. The maximum Gasteiger partial charge on any atom is 0.410 e. The predicted molar refractivity (Wildman–Crippen MR) is 193 cm³/mol. The average molecular weight is 688 g/mol. The molecule has 49 heavy (non-hydrogen) atoms. The topological polar surface area (TPSA) is 109 Å². The number of esters is 1. The van der Waals surface area contributed by atoms with E-state index in [0.29, 0.717) is 25.3 Å². The van der Waals surface area contributed by atoms with E-state index in [4.69, 9.17) is 14.2 Å². The fourth-order valence-electron chi connectivity index (χ4n) is 8.11. The number of piperazine rings is 1. The zero-order chi connectivity index (χ0) is 35.6. The number of likely N-dealkylation sites (N-methyl/N-ethyl adjacent to an activating group) is 1. The molecule has 278 valence electrons. The number of amides is 1. The maximum atomic E-state index is 13.4. The van der Waals surface area contributed by atoms with Crippen molar-refractivity contribution in [1.29, 1.82) is 0 Å². The van der Waals surface area contributed by atoms with Gasteiger partial charge in [0.05, 0.1) is 63.2 Å². The molecular formula is C40H67N2O7+. The Morgan fingerprint density at radius 1 is 1.10 bits per heavy atom. The molecule has 2 saturated heterocycles. The minimum Gasteiger partial charge on any atom is -0.457 e. The van der Waals surface area contributed by atoms with Crippen LogP contribution < -0.4 is 0 Å². The van der Waals surface area contributed by atoms with E-state index in [-0.39, 0.29) is 42.2 Å². The lowest BCUT2D eigenvalue weighted by Crippen LogP contribution is -2.62. The van der Waals surface area contributed by atoms with Crippen LogP contribution in [0.1, 0.15) is 118 Å². The predicted octanol–water partition coefficient (Wildman–Crippen LogP) is 6.86. The van der Waals surface area contributed by atoms with E-state index < -0.39 is 17.8 Å². The van der Waals surface area contributed by atoms with Crippen LogP contribution in [0, 0.1) is 11.8 Å². The summed E-state index contributed by atoms with van der Waals surface area (Å²) in [5.74, 6) is -0.326. The summed E-state index contributed by atoms with van der Waals surface area (Å²) < 4.78 is 19.0. The quantitative estimate of drug-likeness (QED) is 0.0645. The van der Waals surface area contributed by atoms with Gasteiger partial charge in [0.25, 0.3) is 0 Å². The normalized spacial score (nSPS) is 31.8. The molecule has 3 fully saturated rings. The first-order valence-electron chi connectivity index (χ1n) is 19.4. The van der Waals surface area contributed by atoms with Gasteiger partial charge in [-0.05, 0) is 76.9 Å². The van der Waals surface area contributed by atoms with Crippen molar-refractivity contribution in [3.63, 3.8) is 0 Å². The number of rotatable bonds is 10. The lowest BCUT2D eigenvalue weighted by Gasteiger charge is -2.46. The van der Waals surface area contributed by atoms with Crippen LogP contribution in [0.3, 0.4) is 0 Å². The first kappa shape index (κ1) is 39.6. The summed E-state index contributed by atoms with van der Waals surface area (Å²) in [6.45, 7) is 13.1. The number of ether oxygens (including phenoxy) is 3. The molecular weight excluding hydrogens is 620 g/mol. The summed E-state index contributed by atoms with van der Waals surface area (Å²) in [7, 11) is 2.38. The SMILES string of the molecule is CC[C@H](O)[C@@H](C)[C@H]1O[C@@H]1C[C@@](C)(O)C=CC=C(C)[C@H]1OC(=O)CCCCC[C@@H](OC(=O)N2CC[N+](C)(C3CCCCCC3)CC2)C=C[C@@H]1C. The Labute approximate surface area is 296 Å². The van der Waals surface area contributed by atoms with Crippen LogP contribution in [0.25, 0.3) is 0 Å². The molecule has 3 aliphatic heterocycles. The first-order chi connectivity index (χ1) is 23.3. The third kappa shape index (κ3) is 11.9. The fourth-order valence-corrected chi connectivity index (χ4v) is 8.11. The van der Waals surface area contributed by atoms with Crippen molar-refractivity contribution in [3.05, 3.63) is 36.0 Å². The zero-order valence-electron chi connectivity index (χ0n) is 31.4. The number of cyclic esters (lactones) is 1. The number of nitrogens with zero attached hydrogens (tertiary/aromatic N) is 2. The van der Waals surface area contributed by atoms with Crippen molar-refractivity contribution in [1.82, 2.24) is 4.90 Å². The molecule has 2 N–H and O–H groups in total. The van der Waals surface area contributed by atoms with E-state index in [1.54, 1.807) is 13.0 Å². The summed E-state index contributed by atoms with van der Waals surface area (Å²) in [5.41, 5.74) is -0.216. The van der Waals surface area contributed by atoms with Crippen molar-refractivity contribution in [2.24, 2.45) is 11.8 Å². The molecule has 0 aromatic carbocycles. The Balaban J connectivity index is 1.34. The van der Waals surface area contributed by atoms with Gasteiger partial charge in [-0.15, -0.1) is 0 Å². The minimum absolute atomic E-state index is 0.0291. The van der Waals surface area contributed by atoms with Gasteiger partial charge in [-0.1, -0.05) is 64.3 Å². The highest BCUT2D eigenvalue weighted by molar-refractivity contribution is 5.70. The van der Waals surface area contributed by atoms with Crippen LogP contribution in [-0.4, -0.2) is 107 Å². The summed E-state index contributed by atoms with van der Waals surface area (Å²) in [5, 5.41) is 21.2. The second-order valence-corrected chi connectivity index (χ2v) is 16.0. The van der Waals surface area contributed by atoms with Gasteiger partial charge in [-0.2, -0.15) is 0 Å². The van der Waals surface area contributed by atoms with Gasteiger partial charge in [0.2, 0.25) is 0 Å². The van der Waals surface area contributed by atoms with Crippen LogP contribution in [0.2, 0.25) is 0 Å². The number of hydrogen-bond donors (Lipinski definition) is 2. The Morgan fingerprint density at radius 2 is 1.76 bits per heavy atom. The molecule has 1 aliphatic carbocycles. The number of carbonyl (C=O) groups is 2. The number of carbonyl (C=O) groups excluding carboxylic acids is 2. The Hall–Kier alpha value is -2.20. The number of epoxide rings is 1. The van der Waals surface area contributed by atoms with Gasteiger partial charge in [0.1, 0.15) is 12.2 Å². The standard InChI is InChI=1S/C40H67N2O7/c1-7-34(43)31(4)38-35(48-38)28-40(5,46)23-15-16-29(2)37-30(3)21-22-33(19-13-10-14-20-36(44)49-37)47-39(45)41-24-26-42(6,27-25-41)32-17-11-8-9-12-18-32/h15-16,21-23,30-35,37-38,43,46H,7-14,17-20,24-28H2,1-6H3/q+1/t30-,31+,33+,34-,35+,37+,38+,40-/m0/s1. The molecule has 1 saturated carbocycles. The van der Waals surface area contributed by atoms with E-state index in [0.717, 1.165) is 61.9 Å². The van der Waals surface area contributed by atoms with Gasteiger partial charge in [-0.3, -0.25) is 9.69 Å². The van der Waals surface area contributed by atoms with Crippen LogP contribution in [0.15, 0.2) is 36.0 Å². The van der Waals surface area contributed by atoms with Gasteiger partial charge in [-0.25, -0.2) is 4.79 Å². The second kappa shape index (κ2) is 18.3. The van der Waals surface area contributed by atoms with E-state index in [1.165, 1.54) is 38.5 Å². The lowest BCUT2D eigenvalue weighted by molar-refractivity contribution is -0.937. The third-order valence-corrected chi connectivity index (χ3v) is 11.8. The molecule has 4 rings (SSSR count). The van der Waals surface area contributed by atoms with Crippen LogP contribution >= 0.6 is 0 Å². The molecule has 0 unspecified atom stereocenters. The van der Waals surface area contributed by atoms with Gasteiger partial charge < -0.3 is 28.9 Å². The number of aliphatic hydroxyl groups excluding tert-OH is 1. The Kier molecular flexibility index (Phi) is 14.8. The molecule has 0 aromatic rings. The van der Waals surface area contributed by atoms with Crippen LogP contribution in [0.4, 0.5) is 4.79 Å². The minimum atomic E-state index is -1.08. The largest absolute Gasteiger partial charge is 0.457 e. The average Bonchev–Trinajstić information content (AvgIpc) is 3.87. The second-order valence-electron chi connectivity index (χ2n) is 16.0.